The van der Waals surface area contributed by atoms with Crippen LogP contribution in [0.3, 0.4) is 0 Å². The molecule has 0 amide bonds. The molecule has 0 aromatic heterocycles. The molecule has 128 valence electrons. The van der Waals surface area contributed by atoms with E-state index in [1.54, 1.807) is 0 Å². The van der Waals surface area contributed by atoms with Crippen molar-refractivity contribution in [3.63, 3.8) is 0 Å². The van der Waals surface area contributed by atoms with Crippen molar-refractivity contribution >= 4 is 11.9 Å². The van der Waals surface area contributed by atoms with Gasteiger partial charge in [0.2, 0.25) is 5.79 Å². The molecule has 11 heteroatoms. The van der Waals surface area contributed by atoms with E-state index in [4.69, 9.17) is 15.6 Å². The summed E-state index contributed by atoms with van der Waals surface area (Å²) in [5.41, 5.74) is 5.49. The second kappa shape index (κ2) is 6.42. The highest BCUT2D eigenvalue weighted by Crippen LogP contribution is 2.38. The molecule has 1 saturated heterocycles. The summed E-state index contributed by atoms with van der Waals surface area (Å²) in [4.78, 5) is 22.4. The van der Waals surface area contributed by atoms with Gasteiger partial charge in [0.15, 0.2) is 0 Å². The van der Waals surface area contributed by atoms with Crippen LogP contribution >= 0.6 is 0 Å². The fourth-order valence-electron chi connectivity index (χ4n) is 2.15. The van der Waals surface area contributed by atoms with E-state index < -0.39 is 60.9 Å². The van der Waals surface area contributed by atoms with Gasteiger partial charge in [-0.25, -0.2) is 4.79 Å². The molecule has 1 aliphatic heterocycles. The van der Waals surface area contributed by atoms with Crippen LogP contribution in [0, 0.1) is 0 Å². The summed E-state index contributed by atoms with van der Waals surface area (Å²) in [5, 5.41) is 57.4. The number of aliphatic carboxylic acids is 1. The number of carbonyl (C=O) groups excluding carboxylic acids is 1. The first-order chi connectivity index (χ1) is 10.00. The van der Waals surface area contributed by atoms with Gasteiger partial charge in [0.1, 0.15) is 12.2 Å². The third kappa shape index (κ3) is 3.20. The quantitative estimate of drug-likeness (QED) is 0.242. The van der Waals surface area contributed by atoms with E-state index in [1.807, 2.05) is 0 Å². The van der Waals surface area contributed by atoms with Crippen molar-refractivity contribution in [2.24, 2.45) is 5.73 Å². The van der Waals surface area contributed by atoms with Crippen molar-refractivity contribution in [1.29, 1.82) is 0 Å². The molecule has 1 heterocycles. The van der Waals surface area contributed by atoms with Gasteiger partial charge in [-0.3, -0.25) is 9.53 Å². The van der Waals surface area contributed by atoms with Crippen molar-refractivity contribution in [2.75, 3.05) is 6.61 Å². The van der Waals surface area contributed by atoms with Crippen molar-refractivity contribution in [1.82, 2.24) is 0 Å². The summed E-state index contributed by atoms with van der Waals surface area (Å²) in [7, 11) is 0. The van der Waals surface area contributed by atoms with E-state index in [0.29, 0.717) is 0 Å². The molecule has 11 nitrogen and oxygen atoms in total. The zero-order valence-electron chi connectivity index (χ0n) is 11.6. The molecule has 0 bridgehead atoms. The largest absolute Gasteiger partial charge is 0.476 e. The van der Waals surface area contributed by atoms with E-state index >= 15 is 0 Å². The molecule has 0 saturated carbocycles. The monoisotopic (exact) mass is 325 g/mol. The molecule has 0 aromatic rings. The van der Waals surface area contributed by atoms with Gasteiger partial charge in [-0.15, -0.1) is 0 Å². The van der Waals surface area contributed by atoms with E-state index in [2.05, 4.69) is 4.74 Å². The maximum Gasteiger partial charge on any atom is 0.377 e. The fraction of sp³-hybridized carbons (Fsp3) is 0.818. The van der Waals surface area contributed by atoms with Crippen LogP contribution < -0.4 is 5.73 Å². The molecule has 0 radical (unpaired) electrons. The molecule has 0 aliphatic carbocycles. The highest BCUT2D eigenvalue weighted by molar-refractivity contribution is 5.80. The molecular weight excluding hydrogens is 306 g/mol. The van der Waals surface area contributed by atoms with Gasteiger partial charge in [-0.2, -0.15) is 0 Å². The summed E-state index contributed by atoms with van der Waals surface area (Å²) < 4.78 is 9.33. The lowest BCUT2D eigenvalue weighted by molar-refractivity contribution is -0.395. The summed E-state index contributed by atoms with van der Waals surface area (Å²) in [6.45, 7) is -0.143. The predicted molar refractivity (Wildman–Crippen MR) is 65.9 cm³/mol. The average Bonchev–Trinajstić information content (AvgIpc) is 2.42. The van der Waals surface area contributed by atoms with Crippen LogP contribution in [0.2, 0.25) is 0 Å². The Balaban J connectivity index is 3.27. The van der Waals surface area contributed by atoms with Gasteiger partial charge >= 0.3 is 17.7 Å². The number of hydrogen-bond acceptors (Lipinski definition) is 10. The van der Waals surface area contributed by atoms with Crippen LogP contribution in [-0.4, -0.2) is 85.1 Å². The SMILES string of the molecule is CC(=O)O[C@@]1(C(=O)O)C[C@H](O)[C@@H](N)[C@](O)([C@H](O)[C@H](O)CO)O1. The molecule has 0 unspecified atom stereocenters. The van der Waals surface area contributed by atoms with E-state index in [1.165, 1.54) is 0 Å². The van der Waals surface area contributed by atoms with Crippen LogP contribution in [-0.2, 0) is 19.1 Å². The maximum atomic E-state index is 11.4. The van der Waals surface area contributed by atoms with Crippen LogP contribution in [0.15, 0.2) is 0 Å². The Bertz CT molecular complexity index is 445. The molecule has 6 atom stereocenters. The second-order valence-electron chi connectivity index (χ2n) is 5.00. The molecule has 22 heavy (non-hydrogen) atoms. The lowest BCUT2D eigenvalue weighted by Gasteiger charge is -2.49. The summed E-state index contributed by atoms with van der Waals surface area (Å²) in [6, 6.07) is -1.74. The van der Waals surface area contributed by atoms with Gasteiger partial charge in [-0.05, 0) is 0 Å². The van der Waals surface area contributed by atoms with Gasteiger partial charge < -0.3 is 41.1 Å². The number of carbonyl (C=O) groups is 2. The van der Waals surface area contributed by atoms with Crippen LogP contribution in [0.1, 0.15) is 13.3 Å². The number of carboxylic acid groups (broad SMARTS) is 1. The van der Waals surface area contributed by atoms with E-state index in [-0.39, 0.29) is 0 Å². The number of ether oxygens (including phenoxy) is 2. The van der Waals surface area contributed by atoms with Gasteiger partial charge in [0.05, 0.1) is 25.2 Å². The van der Waals surface area contributed by atoms with Crippen molar-refractivity contribution < 1.29 is 49.7 Å². The second-order valence-corrected chi connectivity index (χ2v) is 5.00. The zero-order chi connectivity index (χ0) is 17.3. The van der Waals surface area contributed by atoms with Gasteiger partial charge in [0, 0.05) is 6.92 Å². The first-order valence-corrected chi connectivity index (χ1v) is 6.26. The van der Waals surface area contributed by atoms with E-state index in [0.717, 1.165) is 6.92 Å². The maximum absolute atomic E-state index is 11.4. The Labute approximate surface area is 124 Å². The fourth-order valence-corrected chi connectivity index (χ4v) is 2.15. The number of aliphatic hydroxyl groups is 5. The summed E-state index contributed by atoms with van der Waals surface area (Å²) >= 11 is 0. The molecule has 1 fully saturated rings. The first kappa shape index (κ1) is 18.7. The molecule has 0 spiro atoms. The highest BCUT2D eigenvalue weighted by atomic mass is 16.8. The average molecular weight is 325 g/mol. The predicted octanol–water partition coefficient (Wildman–Crippen LogP) is -4.16. The number of hydrogen-bond donors (Lipinski definition) is 7. The Morgan fingerprint density at radius 1 is 1.45 bits per heavy atom. The van der Waals surface area contributed by atoms with Crippen LogP contribution in [0.4, 0.5) is 0 Å². The normalized spacial score (nSPS) is 38.1. The summed E-state index contributed by atoms with van der Waals surface area (Å²) in [5.74, 6) is -8.76. The number of rotatable bonds is 5. The lowest BCUT2D eigenvalue weighted by Crippen LogP contribution is -2.74. The number of carboxylic acids is 1. The molecule has 1 rings (SSSR count). The van der Waals surface area contributed by atoms with Gasteiger partial charge in [-0.1, -0.05) is 0 Å². The highest BCUT2D eigenvalue weighted by Gasteiger charge is 2.63. The van der Waals surface area contributed by atoms with Crippen molar-refractivity contribution in [2.45, 2.75) is 49.3 Å². The molecular formula is C11H19NO10. The number of aliphatic hydroxyl groups excluding tert-OH is 4. The Morgan fingerprint density at radius 2 is 2.00 bits per heavy atom. The Morgan fingerprint density at radius 3 is 2.41 bits per heavy atom. The Hall–Kier alpha value is -1.34. The van der Waals surface area contributed by atoms with Crippen LogP contribution in [0.5, 0.6) is 0 Å². The minimum Gasteiger partial charge on any atom is -0.476 e. The standard InChI is InChI=1S/C11H19NO10/c1-4(14)21-10(9(18)19)2-5(15)7(12)11(20,22-10)8(17)6(16)3-13/h5-8,13,15-17,20H,2-3,12H2,1H3,(H,18,19)/t5-,6+,7+,8+,10-,11+/m0/s1. The third-order valence-electron chi connectivity index (χ3n) is 3.31. The van der Waals surface area contributed by atoms with Gasteiger partial charge in [0.25, 0.3) is 0 Å². The zero-order valence-corrected chi connectivity index (χ0v) is 11.6. The van der Waals surface area contributed by atoms with E-state index in [9.17, 15) is 35.1 Å². The topological polar surface area (TPSA) is 200 Å². The number of nitrogens with two attached hydrogens (primary N) is 1. The first-order valence-electron chi connectivity index (χ1n) is 6.26. The number of esters is 1. The minimum absolute atomic E-state index is 0.812. The third-order valence-corrected chi connectivity index (χ3v) is 3.31. The van der Waals surface area contributed by atoms with Crippen molar-refractivity contribution in [3.05, 3.63) is 0 Å². The lowest BCUT2D eigenvalue weighted by atomic mass is 9.86. The molecule has 0 aromatic carbocycles. The molecule has 1 aliphatic rings. The minimum atomic E-state index is -2.99. The Kier molecular flexibility index (Phi) is 5.46. The smallest absolute Gasteiger partial charge is 0.377 e. The van der Waals surface area contributed by atoms with Crippen molar-refractivity contribution in [3.8, 4) is 0 Å². The molecule has 8 N–H and O–H groups in total. The van der Waals surface area contributed by atoms with Crippen LogP contribution in [0.25, 0.3) is 0 Å². The summed E-state index contributed by atoms with van der Waals surface area (Å²) in [6.07, 6.45) is -6.80.